The number of halogens is 4. The van der Waals surface area contributed by atoms with Crippen LogP contribution < -0.4 is 14.3 Å². The molecular weight excluding hydrogens is 331 g/mol. The lowest BCUT2D eigenvalue weighted by molar-refractivity contribution is -0.274. The molecule has 0 saturated heterocycles. The van der Waals surface area contributed by atoms with Crippen LogP contribution in [0.2, 0.25) is 0 Å². The molecule has 0 aliphatic carbocycles. The van der Waals surface area contributed by atoms with E-state index in [4.69, 9.17) is 16.2 Å². The molecule has 0 atom stereocenters. The number of nitrogens with one attached hydrogen (secondary N) is 1. The summed E-state index contributed by atoms with van der Waals surface area (Å²) in [6.45, 7) is 4.26. The molecular formula is C16H13ClF3NO2. The predicted molar refractivity (Wildman–Crippen MR) is 81.9 cm³/mol. The molecule has 23 heavy (non-hydrogen) atoms. The largest absolute Gasteiger partial charge is 0.573 e. The maximum absolute atomic E-state index is 12.1. The van der Waals surface area contributed by atoms with Crippen LogP contribution >= 0.6 is 11.9 Å². The van der Waals surface area contributed by atoms with Crippen molar-refractivity contribution in [1.82, 2.24) is 5.32 Å². The van der Waals surface area contributed by atoms with Gasteiger partial charge in [0.1, 0.15) is 17.6 Å². The maximum Gasteiger partial charge on any atom is 0.573 e. The summed E-state index contributed by atoms with van der Waals surface area (Å²) >= 11 is 5.38. The summed E-state index contributed by atoms with van der Waals surface area (Å²) in [6.07, 6.45) is -4.71. The zero-order valence-electron chi connectivity index (χ0n) is 11.9. The Bertz CT molecular complexity index is 672. The minimum Gasteiger partial charge on any atom is -0.406 e. The molecule has 122 valence electrons. The number of hydrogen-bond acceptors (Lipinski definition) is 3. The Hall–Kier alpha value is -2.34. The molecule has 0 radical (unpaired) electrons. The van der Waals surface area contributed by atoms with E-state index in [2.05, 4.69) is 16.6 Å². The van der Waals surface area contributed by atoms with Gasteiger partial charge in [-0.25, -0.2) is 0 Å². The van der Waals surface area contributed by atoms with Crippen molar-refractivity contribution < 1.29 is 22.2 Å². The molecule has 2 rings (SSSR count). The molecule has 1 N–H and O–H groups in total. The molecule has 0 amide bonds. The smallest absolute Gasteiger partial charge is 0.406 e. The van der Waals surface area contributed by atoms with Crippen molar-refractivity contribution in [2.45, 2.75) is 12.9 Å². The van der Waals surface area contributed by atoms with E-state index in [9.17, 15) is 13.2 Å². The topological polar surface area (TPSA) is 30.5 Å². The molecule has 2 aromatic rings. The normalized spacial score (nSPS) is 11.0. The lowest BCUT2D eigenvalue weighted by Crippen LogP contribution is -2.17. The Balaban J connectivity index is 1.98. The van der Waals surface area contributed by atoms with Crippen LogP contribution in [0.1, 0.15) is 11.1 Å². The van der Waals surface area contributed by atoms with Crippen LogP contribution in [0.25, 0.3) is 5.70 Å². The minimum absolute atomic E-state index is 0.282. The standard InChI is InChI=1S/C16H13ClF3NO2/c1-11(21-10-13-4-2-3-5-15(13)23-17)12-6-8-14(9-7-12)22-16(18,19)20/h2-9,21H,1,10H2. The molecule has 2 aromatic carbocycles. The molecule has 0 heterocycles. The van der Waals surface area contributed by atoms with Gasteiger partial charge in [-0.3, -0.25) is 0 Å². The quantitative estimate of drug-likeness (QED) is 0.811. The number of hydrogen-bond donors (Lipinski definition) is 1. The molecule has 0 aromatic heterocycles. The highest BCUT2D eigenvalue weighted by Crippen LogP contribution is 2.24. The minimum atomic E-state index is -4.71. The van der Waals surface area contributed by atoms with E-state index in [1.54, 1.807) is 12.1 Å². The van der Waals surface area contributed by atoms with Crippen molar-refractivity contribution in [2.24, 2.45) is 0 Å². The second kappa shape index (κ2) is 7.28. The molecule has 3 nitrogen and oxygen atoms in total. The van der Waals surface area contributed by atoms with Gasteiger partial charge in [0.15, 0.2) is 5.75 Å². The van der Waals surface area contributed by atoms with Gasteiger partial charge in [0.05, 0.1) is 0 Å². The van der Waals surface area contributed by atoms with Crippen LogP contribution in [0.15, 0.2) is 55.1 Å². The molecule has 0 saturated carbocycles. The SMILES string of the molecule is C=C(NCc1ccccc1OCl)c1ccc(OC(F)(F)F)cc1. The average molecular weight is 344 g/mol. The Morgan fingerprint density at radius 2 is 1.74 bits per heavy atom. The van der Waals surface area contributed by atoms with Crippen molar-refractivity contribution in [3.63, 3.8) is 0 Å². The molecule has 0 fully saturated rings. The highest BCUT2D eigenvalue weighted by atomic mass is 35.5. The van der Waals surface area contributed by atoms with Gasteiger partial charge in [-0.1, -0.05) is 24.8 Å². The number of ether oxygens (including phenoxy) is 1. The van der Waals surface area contributed by atoms with Crippen molar-refractivity contribution in [1.29, 1.82) is 0 Å². The summed E-state index contributed by atoms with van der Waals surface area (Å²) < 4.78 is 44.9. The Kier molecular flexibility index (Phi) is 5.39. The summed E-state index contributed by atoms with van der Waals surface area (Å²) in [7, 11) is 0. The average Bonchev–Trinajstić information content (AvgIpc) is 2.52. The van der Waals surface area contributed by atoms with E-state index < -0.39 is 6.36 Å². The Labute approximate surface area is 136 Å². The second-order valence-electron chi connectivity index (χ2n) is 4.59. The summed E-state index contributed by atoms with van der Waals surface area (Å²) in [5.41, 5.74) is 2.01. The van der Waals surface area contributed by atoms with Gasteiger partial charge in [0.2, 0.25) is 0 Å². The molecule has 0 bridgehead atoms. The third-order valence-electron chi connectivity index (χ3n) is 2.98. The van der Waals surface area contributed by atoms with Gasteiger partial charge < -0.3 is 14.3 Å². The molecule has 0 spiro atoms. The van der Waals surface area contributed by atoms with Crippen LogP contribution in [0, 0.1) is 0 Å². The molecule has 0 unspecified atom stereocenters. The fraction of sp³-hybridized carbons (Fsp3) is 0.125. The fourth-order valence-electron chi connectivity index (χ4n) is 1.89. The van der Waals surface area contributed by atoms with E-state index in [0.29, 0.717) is 23.6 Å². The van der Waals surface area contributed by atoms with Gasteiger partial charge in [0.25, 0.3) is 0 Å². The molecule has 7 heteroatoms. The lowest BCUT2D eigenvalue weighted by atomic mass is 10.1. The highest BCUT2D eigenvalue weighted by Gasteiger charge is 2.30. The van der Waals surface area contributed by atoms with E-state index in [1.807, 2.05) is 12.1 Å². The molecule has 0 aliphatic heterocycles. The third kappa shape index (κ3) is 5.10. The van der Waals surface area contributed by atoms with E-state index in [-0.39, 0.29) is 5.75 Å². The van der Waals surface area contributed by atoms with Gasteiger partial charge in [-0.15, -0.1) is 13.2 Å². The first-order valence-corrected chi connectivity index (χ1v) is 6.85. The van der Waals surface area contributed by atoms with Gasteiger partial charge in [-0.2, -0.15) is 0 Å². The number of para-hydroxylation sites is 1. The van der Waals surface area contributed by atoms with Crippen molar-refractivity contribution >= 4 is 17.6 Å². The first-order chi connectivity index (χ1) is 10.9. The van der Waals surface area contributed by atoms with E-state index >= 15 is 0 Å². The van der Waals surface area contributed by atoms with Crippen molar-refractivity contribution in [3.8, 4) is 11.5 Å². The Morgan fingerprint density at radius 3 is 2.35 bits per heavy atom. The van der Waals surface area contributed by atoms with Gasteiger partial charge >= 0.3 is 6.36 Å². The van der Waals surface area contributed by atoms with Crippen LogP contribution in [-0.4, -0.2) is 6.36 Å². The monoisotopic (exact) mass is 343 g/mol. The predicted octanol–water partition coefficient (Wildman–Crippen LogP) is 4.88. The first-order valence-electron chi connectivity index (χ1n) is 6.54. The maximum atomic E-state index is 12.1. The van der Waals surface area contributed by atoms with Crippen molar-refractivity contribution in [2.75, 3.05) is 0 Å². The zero-order chi connectivity index (χ0) is 16.9. The zero-order valence-corrected chi connectivity index (χ0v) is 12.6. The fourth-order valence-corrected chi connectivity index (χ4v) is 2.04. The van der Waals surface area contributed by atoms with E-state index in [1.165, 1.54) is 24.3 Å². The number of alkyl halides is 3. The highest BCUT2D eigenvalue weighted by molar-refractivity contribution is 6.09. The van der Waals surface area contributed by atoms with Crippen molar-refractivity contribution in [3.05, 3.63) is 66.2 Å². The Morgan fingerprint density at radius 1 is 1.09 bits per heavy atom. The first kappa shape index (κ1) is 17.0. The number of benzene rings is 2. The van der Waals surface area contributed by atoms with Crippen LogP contribution in [0.3, 0.4) is 0 Å². The summed E-state index contributed by atoms with van der Waals surface area (Å²) in [4.78, 5) is 0. The van der Waals surface area contributed by atoms with Crippen LogP contribution in [-0.2, 0) is 6.54 Å². The van der Waals surface area contributed by atoms with Crippen LogP contribution in [0.5, 0.6) is 11.5 Å². The summed E-state index contributed by atoms with van der Waals surface area (Å²) in [6, 6.07) is 12.6. The summed E-state index contributed by atoms with van der Waals surface area (Å²) in [5, 5.41) is 3.06. The number of rotatable bonds is 6. The lowest BCUT2D eigenvalue weighted by Gasteiger charge is -2.13. The van der Waals surface area contributed by atoms with Gasteiger partial charge in [0, 0.05) is 17.8 Å². The third-order valence-corrected chi connectivity index (χ3v) is 3.15. The molecule has 0 aliphatic rings. The second-order valence-corrected chi connectivity index (χ2v) is 4.74. The van der Waals surface area contributed by atoms with Gasteiger partial charge in [-0.05, 0) is 35.9 Å². The summed E-state index contributed by atoms with van der Waals surface area (Å²) in [5.74, 6) is 0.235. The van der Waals surface area contributed by atoms with Crippen LogP contribution in [0.4, 0.5) is 13.2 Å². The van der Waals surface area contributed by atoms with E-state index in [0.717, 1.165) is 5.56 Å².